The number of nitrogens with zero attached hydrogens (tertiary/aromatic N) is 1. The van der Waals surface area contributed by atoms with Gasteiger partial charge < -0.3 is 9.64 Å². The molecule has 0 unspecified atom stereocenters. The number of allylic oxidation sites excluding steroid dienone is 1. The van der Waals surface area contributed by atoms with Crippen LogP contribution in [0.15, 0.2) is 54.7 Å². The molecule has 31 heavy (non-hydrogen) atoms. The van der Waals surface area contributed by atoms with Crippen LogP contribution in [0.2, 0.25) is 5.02 Å². The zero-order chi connectivity index (χ0) is 22.6. The predicted molar refractivity (Wildman–Crippen MR) is 129 cm³/mol. The minimum atomic E-state index is -0.450. The lowest BCUT2D eigenvalue weighted by Gasteiger charge is -2.39. The minimum Gasteiger partial charge on any atom is -0.383 e. The Bertz CT molecular complexity index is 945. The minimum absolute atomic E-state index is 0.104. The van der Waals surface area contributed by atoms with Gasteiger partial charge in [0.15, 0.2) is 0 Å². The van der Waals surface area contributed by atoms with Crippen molar-refractivity contribution in [3.63, 3.8) is 0 Å². The van der Waals surface area contributed by atoms with Crippen LogP contribution >= 0.6 is 11.6 Å². The molecule has 0 radical (unpaired) electrons. The van der Waals surface area contributed by atoms with Crippen LogP contribution in [0.25, 0.3) is 5.57 Å². The first-order valence-electron chi connectivity index (χ1n) is 11.0. The van der Waals surface area contributed by atoms with Gasteiger partial charge in [-0.25, -0.2) is 0 Å². The van der Waals surface area contributed by atoms with Gasteiger partial charge in [0.1, 0.15) is 0 Å². The largest absolute Gasteiger partial charge is 0.383 e. The van der Waals surface area contributed by atoms with Crippen LogP contribution in [0.3, 0.4) is 0 Å². The van der Waals surface area contributed by atoms with Gasteiger partial charge in [0, 0.05) is 36.7 Å². The van der Waals surface area contributed by atoms with E-state index in [0.717, 1.165) is 40.1 Å². The van der Waals surface area contributed by atoms with Crippen LogP contribution < -0.4 is 0 Å². The maximum absolute atomic E-state index is 13.0. The summed E-state index contributed by atoms with van der Waals surface area (Å²) in [5.74, 6) is 0.104. The van der Waals surface area contributed by atoms with Crippen molar-refractivity contribution in [1.82, 2.24) is 4.90 Å². The van der Waals surface area contributed by atoms with Gasteiger partial charge in [-0.05, 0) is 46.6 Å². The summed E-state index contributed by atoms with van der Waals surface area (Å²) < 4.78 is 5.21. The van der Waals surface area contributed by atoms with Gasteiger partial charge >= 0.3 is 0 Å². The van der Waals surface area contributed by atoms with E-state index in [2.05, 4.69) is 58.0 Å². The third-order valence-electron chi connectivity index (χ3n) is 6.16. The Morgan fingerprint density at radius 1 is 1.13 bits per heavy atom. The fourth-order valence-corrected chi connectivity index (χ4v) is 4.39. The lowest BCUT2D eigenvalue weighted by atomic mass is 9.69. The summed E-state index contributed by atoms with van der Waals surface area (Å²) in [6.07, 6.45) is 4.42. The number of halogens is 1. The van der Waals surface area contributed by atoms with Gasteiger partial charge in [0.25, 0.3) is 0 Å². The molecule has 166 valence electrons. The lowest BCUT2D eigenvalue weighted by Crippen LogP contribution is -2.41. The molecular formula is C27H34ClNO2. The van der Waals surface area contributed by atoms with E-state index < -0.39 is 5.41 Å². The molecule has 0 aliphatic carbocycles. The highest BCUT2D eigenvalue weighted by Gasteiger charge is 2.40. The van der Waals surface area contributed by atoms with Gasteiger partial charge in [0.2, 0.25) is 5.91 Å². The van der Waals surface area contributed by atoms with Crippen molar-refractivity contribution < 1.29 is 9.53 Å². The van der Waals surface area contributed by atoms with Gasteiger partial charge in [-0.15, -0.1) is 0 Å². The Labute approximate surface area is 192 Å². The summed E-state index contributed by atoms with van der Waals surface area (Å²) in [5, 5.41) is 0.782. The second-order valence-corrected chi connectivity index (χ2v) is 10.3. The Morgan fingerprint density at radius 2 is 1.84 bits per heavy atom. The number of aryl methyl sites for hydroxylation is 1. The number of hydrogen-bond donors (Lipinski definition) is 0. The number of carbonyl (C=O) groups is 1. The molecule has 2 aromatic carbocycles. The topological polar surface area (TPSA) is 29.5 Å². The summed E-state index contributed by atoms with van der Waals surface area (Å²) in [6.45, 7) is 9.95. The summed E-state index contributed by atoms with van der Waals surface area (Å²) in [7, 11) is 1.66. The molecule has 3 rings (SSSR count). The maximum atomic E-state index is 13.0. The lowest BCUT2D eigenvalue weighted by molar-refractivity contribution is -0.130. The first-order valence-corrected chi connectivity index (χ1v) is 11.4. The Kier molecular flexibility index (Phi) is 7.28. The second kappa shape index (κ2) is 9.58. The van der Waals surface area contributed by atoms with Crippen molar-refractivity contribution in [2.24, 2.45) is 5.41 Å². The predicted octanol–water partition coefficient (Wildman–Crippen LogP) is 6.50. The van der Waals surface area contributed by atoms with Gasteiger partial charge in [-0.2, -0.15) is 0 Å². The molecule has 0 saturated heterocycles. The molecule has 1 amide bonds. The van der Waals surface area contributed by atoms with E-state index >= 15 is 0 Å². The van der Waals surface area contributed by atoms with Crippen LogP contribution in [-0.4, -0.2) is 31.1 Å². The number of hydrogen-bond acceptors (Lipinski definition) is 2. The van der Waals surface area contributed by atoms with Crippen molar-refractivity contribution in [3.8, 4) is 0 Å². The quantitative estimate of drug-likeness (QED) is 0.493. The monoisotopic (exact) mass is 439 g/mol. The van der Waals surface area contributed by atoms with E-state index in [1.807, 2.05) is 24.4 Å². The average Bonchev–Trinajstić information content (AvgIpc) is 2.72. The average molecular weight is 440 g/mol. The zero-order valence-corrected chi connectivity index (χ0v) is 20.1. The molecule has 1 atom stereocenters. The van der Waals surface area contributed by atoms with Crippen LogP contribution in [-0.2, 0) is 21.4 Å². The van der Waals surface area contributed by atoms with Gasteiger partial charge in [0.05, 0.1) is 6.61 Å². The second-order valence-electron chi connectivity index (χ2n) is 9.86. The van der Waals surface area contributed by atoms with Gasteiger partial charge in [-0.3, -0.25) is 4.79 Å². The highest BCUT2D eigenvalue weighted by Crippen LogP contribution is 2.45. The molecular weight excluding hydrogens is 406 g/mol. The number of amides is 1. The number of methoxy groups -OCH3 is 1. The fourth-order valence-electron chi connectivity index (χ4n) is 4.12. The van der Waals surface area contributed by atoms with Crippen LogP contribution in [0, 0.1) is 5.41 Å². The Balaban J connectivity index is 2.00. The number of carbonyl (C=O) groups excluding carboxylic acids is 1. The van der Waals surface area contributed by atoms with E-state index in [1.54, 1.807) is 12.0 Å². The number of ether oxygens (including phenoxy) is 1. The van der Waals surface area contributed by atoms with Crippen LogP contribution in [0.1, 0.15) is 57.2 Å². The zero-order valence-electron chi connectivity index (χ0n) is 19.4. The smallest absolute Gasteiger partial charge is 0.227 e. The molecule has 0 fully saturated rings. The molecule has 2 aromatic rings. The summed E-state index contributed by atoms with van der Waals surface area (Å²) in [5.41, 5.74) is 4.30. The van der Waals surface area contributed by atoms with E-state index in [1.165, 1.54) is 0 Å². The first-order chi connectivity index (χ1) is 14.6. The van der Waals surface area contributed by atoms with Crippen molar-refractivity contribution in [1.29, 1.82) is 0 Å². The Morgan fingerprint density at radius 3 is 2.45 bits per heavy atom. The molecule has 0 saturated carbocycles. The van der Waals surface area contributed by atoms with E-state index in [-0.39, 0.29) is 11.3 Å². The standard InChI is InChI=1S/C27H34ClNO2/c1-26(2,3)14-13-21-11-12-22(17-24(21)28)27(4)18-25(30)29(15-16-31-5)19-23(27)20-9-7-6-8-10-20/h6-12,17,19H,13-16,18H2,1-5H3/t27-/m0/s1. The van der Waals surface area contributed by atoms with E-state index in [4.69, 9.17) is 16.3 Å². The molecule has 0 N–H and O–H groups in total. The molecule has 1 aliphatic rings. The van der Waals surface area contributed by atoms with E-state index in [9.17, 15) is 4.79 Å². The van der Waals surface area contributed by atoms with Crippen molar-refractivity contribution in [2.45, 2.75) is 52.4 Å². The highest BCUT2D eigenvalue weighted by molar-refractivity contribution is 6.31. The normalized spacial score (nSPS) is 19.5. The molecule has 0 bridgehead atoms. The van der Waals surface area contributed by atoms with Gasteiger partial charge in [-0.1, -0.05) is 81.8 Å². The molecule has 0 aromatic heterocycles. The fraction of sp³-hybridized carbons (Fsp3) is 0.444. The number of rotatable bonds is 7. The van der Waals surface area contributed by atoms with Crippen molar-refractivity contribution in [3.05, 3.63) is 76.4 Å². The van der Waals surface area contributed by atoms with Crippen LogP contribution in [0.4, 0.5) is 0 Å². The Hall–Kier alpha value is -2.10. The molecule has 3 nitrogen and oxygen atoms in total. The van der Waals surface area contributed by atoms with Crippen LogP contribution in [0.5, 0.6) is 0 Å². The molecule has 0 spiro atoms. The first kappa shape index (κ1) is 23.6. The summed E-state index contributed by atoms with van der Waals surface area (Å²) >= 11 is 6.74. The third-order valence-corrected chi connectivity index (χ3v) is 6.51. The van der Waals surface area contributed by atoms with E-state index in [0.29, 0.717) is 19.6 Å². The van der Waals surface area contributed by atoms with Crippen molar-refractivity contribution in [2.75, 3.05) is 20.3 Å². The SMILES string of the molecule is COCCN1C=C(c2ccccc2)[C@](C)(c2ccc(CCC(C)(C)C)c(Cl)c2)CC1=O. The highest BCUT2D eigenvalue weighted by atomic mass is 35.5. The molecule has 1 aliphatic heterocycles. The molecule has 4 heteroatoms. The maximum Gasteiger partial charge on any atom is 0.227 e. The molecule has 1 heterocycles. The number of benzene rings is 2. The third kappa shape index (κ3) is 5.58. The van der Waals surface area contributed by atoms with Crippen molar-refractivity contribution >= 4 is 23.1 Å². The summed E-state index contributed by atoms with van der Waals surface area (Å²) in [6, 6.07) is 16.6. The summed E-state index contributed by atoms with van der Waals surface area (Å²) in [4.78, 5) is 14.8.